The molecule has 0 heterocycles. The molecule has 0 aliphatic carbocycles. The zero-order chi connectivity index (χ0) is 10.3. The van der Waals surface area contributed by atoms with Gasteiger partial charge < -0.3 is 20.4 Å². The van der Waals surface area contributed by atoms with Gasteiger partial charge >= 0.3 is 0 Å². The fourth-order valence-corrected chi connectivity index (χ4v) is 0.956. The van der Waals surface area contributed by atoms with E-state index in [4.69, 9.17) is 10.2 Å². The van der Waals surface area contributed by atoms with Gasteiger partial charge in [-0.2, -0.15) is 0 Å². The number of aliphatic hydroxyl groups is 2. The van der Waals surface area contributed by atoms with Gasteiger partial charge in [0, 0.05) is 12.6 Å². The molecule has 0 bridgehead atoms. The molecule has 13 heavy (non-hydrogen) atoms. The van der Waals surface area contributed by atoms with Gasteiger partial charge in [-0.1, -0.05) is 0 Å². The second-order valence-corrected chi connectivity index (χ2v) is 3.74. The van der Waals surface area contributed by atoms with Crippen molar-refractivity contribution in [1.82, 2.24) is 10.2 Å². The molecular weight excluding hydrogens is 168 g/mol. The first-order chi connectivity index (χ1) is 6.06. The average molecular weight is 190 g/mol. The van der Waals surface area contributed by atoms with Crippen LogP contribution in [0.2, 0.25) is 0 Å². The summed E-state index contributed by atoms with van der Waals surface area (Å²) in [5, 5.41) is 20.8. The summed E-state index contributed by atoms with van der Waals surface area (Å²) in [4.78, 5) is 2.13. The largest absolute Gasteiger partial charge is 0.394 e. The highest BCUT2D eigenvalue weighted by Crippen LogP contribution is 1.92. The molecule has 3 N–H and O–H groups in total. The van der Waals surface area contributed by atoms with Gasteiger partial charge in [0.25, 0.3) is 0 Å². The minimum atomic E-state index is -0.637. The summed E-state index contributed by atoms with van der Waals surface area (Å²) in [6, 6.07) is 0.378. The van der Waals surface area contributed by atoms with Crippen LogP contribution in [0.15, 0.2) is 0 Å². The second kappa shape index (κ2) is 7.26. The van der Waals surface area contributed by atoms with E-state index < -0.39 is 6.10 Å². The van der Waals surface area contributed by atoms with E-state index >= 15 is 0 Å². The van der Waals surface area contributed by atoms with Crippen LogP contribution in [0.25, 0.3) is 0 Å². The molecule has 0 rings (SSSR count). The molecule has 0 aliphatic rings. The SMILES string of the molecule is CC(CCN(C)C)NCC(O)CO. The first-order valence-electron chi connectivity index (χ1n) is 4.73. The van der Waals surface area contributed by atoms with E-state index in [1.54, 1.807) is 0 Å². The fourth-order valence-electron chi connectivity index (χ4n) is 0.956. The normalized spacial score (nSPS) is 16.2. The molecule has 2 atom stereocenters. The van der Waals surface area contributed by atoms with Crippen molar-refractivity contribution in [3.8, 4) is 0 Å². The van der Waals surface area contributed by atoms with Crippen LogP contribution < -0.4 is 5.32 Å². The minimum absolute atomic E-state index is 0.173. The quantitative estimate of drug-likeness (QED) is 0.495. The van der Waals surface area contributed by atoms with Gasteiger partial charge in [-0.05, 0) is 34.0 Å². The first-order valence-corrected chi connectivity index (χ1v) is 4.73. The lowest BCUT2D eigenvalue weighted by atomic mass is 10.2. The maximum absolute atomic E-state index is 9.06. The zero-order valence-electron chi connectivity index (χ0n) is 8.82. The van der Waals surface area contributed by atoms with Crippen molar-refractivity contribution in [1.29, 1.82) is 0 Å². The van der Waals surface area contributed by atoms with E-state index in [1.165, 1.54) is 0 Å². The maximum Gasteiger partial charge on any atom is 0.0895 e. The Morgan fingerprint density at radius 2 is 2.00 bits per heavy atom. The minimum Gasteiger partial charge on any atom is -0.394 e. The van der Waals surface area contributed by atoms with E-state index in [2.05, 4.69) is 17.1 Å². The monoisotopic (exact) mass is 190 g/mol. The summed E-state index contributed by atoms with van der Waals surface area (Å²) in [7, 11) is 4.07. The summed E-state index contributed by atoms with van der Waals surface area (Å²) >= 11 is 0. The predicted octanol–water partition coefficient (Wildman–Crippen LogP) is -0.731. The summed E-state index contributed by atoms with van der Waals surface area (Å²) in [6.45, 7) is 3.40. The number of nitrogens with zero attached hydrogens (tertiary/aromatic N) is 1. The lowest BCUT2D eigenvalue weighted by Crippen LogP contribution is -2.36. The van der Waals surface area contributed by atoms with Crippen molar-refractivity contribution < 1.29 is 10.2 Å². The number of hydrogen-bond acceptors (Lipinski definition) is 4. The Balaban J connectivity index is 3.34. The van der Waals surface area contributed by atoms with E-state index in [9.17, 15) is 0 Å². The third-order valence-corrected chi connectivity index (χ3v) is 1.92. The van der Waals surface area contributed by atoms with Crippen LogP contribution in [0, 0.1) is 0 Å². The van der Waals surface area contributed by atoms with Gasteiger partial charge in [0.2, 0.25) is 0 Å². The number of rotatable bonds is 7. The third-order valence-electron chi connectivity index (χ3n) is 1.92. The van der Waals surface area contributed by atoms with Crippen LogP contribution in [0.3, 0.4) is 0 Å². The van der Waals surface area contributed by atoms with Gasteiger partial charge in [0.1, 0.15) is 0 Å². The zero-order valence-corrected chi connectivity index (χ0v) is 8.82. The molecule has 0 fully saturated rings. The highest BCUT2D eigenvalue weighted by Gasteiger charge is 2.05. The van der Waals surface area contributed by atoms with Crippen LogP contribution in [-0.2, 0) is 0 Å². The molecule has 4 heteroatoms. The molecule has 0 aromatic heterocycles. The Bertz CT molecular complexity index is 120. The number of hydrogen-bond donors (Lipinski definition) is 3. The number of aliphatic hydroxyl groups excluding tert-OH is 2. The van der Waals surface area contributed by atoms with Crippen LogP contribution in [0.4, 0.5) is 0 Å². The van der Waals surface area contributed by atoms with E-state index in [1.807, 2.05) is 14.1 Å². The highest BCUT2D eigenvalue weighted by molar-refractivity contribution is 4.65. The molecule has 0 saturated heterocycles. The molecule has 4 nitrogen and oxygen atoms in total. The topological polar surface area (TPSA) is 55.7 Å². The molecule has 0 radical (unpaired) electrons. The van der Waals surface area contributed by atoms with Crippen molar-refractivity contribution in [3.05, 3.63) is 0 Å². The standard InChI is InChI=1S/C9H22N2O2/c1-8(4-5-11(2)3)10-6-9(13)7-12/h8-10,12-13H,4-7H2,1-3H3. The fraction of sp³-hybridized carbons (Fsp3) is 1.00. The number of nitrogens with one attached hydrogen (secondary N) is 1. The summed E-state index contributed by atoms with van der Waals surface area (Å²) in [6.07, 6.45) is 0.410. The van der Waals surface area contributed by atoms with Gasteiger partial charge in [0.05, 0.1) is 12.7 Å². The lowest BCUT2D eigenvalue weighted by molar-refractivity contribution is 0.0918. The van der Waals surface area contributed by atoms with Gasteiger partial charge in [-0.15, -0.1) is 0 Å². The summed E-state index contributed by atoms with van der Waals surface area (Å²) < 4.78 is 0. The van der Waals surface area contributed by atoms with E-state index in [-0.39, 0.29) is 6.61 Å². The molecule has 0 spiro atoms. The van der Waals surface area contributed by atoms with Crippen molar-refractivity contribution in [2.45, 2.75) is 25.5 Å². The Kier molecular flexibility index (Phi) is 7.17. The van der Waals surface area contributed by atoms with Crippen LogP contribution in [-0.4, -0.2) is 61.1 Å². The lowest BCUT2D eigenvalue weighted by Gasteiger charge is -2.17. The third kappa shape index (κ3) is 8.18. The molecule has 0 amide bonds. The van der Waals surface area contributed by atoms with Crippen LogP contribution in [0.5, 0.6) is 0 Å². The van der Waals surface area contributed by atoms with E-state index in [0.29, 0.717) is 12.6 Å². The Morgan fingerprint density at radius 1 is 1.38 bits per heavy atom. The summed E-state index contributed by atoms with van der Waals surface area (Å²) in [5.74, 6) is 0. The van der Waals surface area contributed by atoms with Gasteiger partial charge in [-0.3, -0.25) is 0 Å². The van der Waals surface area contributed by atoms with E-state index in [0.717, 1.165) is 13.0 Å². The Labute approximate surface area is 80.6 Å². The van der Waals surface area contributed by atoms with Gasteiger partial charge in [0.15, 0.2) is 0 Å². The van der Waals surface area contributed by atoms with Crippen molar-refractivity contribution in [2.75, 3.05) is 33.8 Å². The predicted molar refractivity (Wildman–Crippen MR) is 53.7 cm³/mol. The molecule has 80 valence electrons. The molecule has 0 aromatic rings. The highest BCUT2D eigenvalue weighted by atomic mass is 16.3. The van der Waals surface area contributed by atoms with Crippen LogP contribution >= 0.6 is 0 Å². The molecular formula is C9H22N2O2. The maximum atomic E-state index is 9.06. The Hall–Kier alpha value is -0.160. The molecule has 0 saturated carbocycles. The molecule has 0 aliphatic heterocycles. The van der Waals surface area contributed by atoms with Gasteiger partial charge in [-0.25, -0.2) is 0 Å². The second-order valence-electron chi connectivity index (χ2n) is 3.74. The first kappa shape index (κ1) is 12.8. The molecule has 2 unspecified atom stereocenters. The average Bonchev–Trinajstić information content (AvgIpc) is 2.10. The van der Waals surface area contributed by atoms with Crippen molar-refractivity contribution in [2.24, 2.45) is 0 Å². The van der Waals surface area contributed by atoms with Crippen molar-refractivity contribution >= 4 is 0 Å². The molecule has 0 aromatic carbocycles. The Morgan fingerprint density at radius 3 is 2.46 bits per heavy atom. The van der Waals surface area contributed by atoms with Crippen LogP contribution in [0.1, 0.15) is 13.3 Å². The van der Waals surface area contributed by atoms with Crippen molar-refractivity contribution in [3.63, 3.8) is 0 Å². The summed E-state index contributed by atoms with van der Waals surface area (Å²) in [5.41, 5.74) is 0. The smallest absolute Gasteiger partial charge is 0.0895 e.